The Morgan fingerprint density at radius 2 is 2.26 bits per heavy atom. The number of hydrogen-bond donors (Lipinski definition) is 2. The van der Waals surface area contributed by atoms with E-state index in [9.17, 15) is 4.79 Å². The van der Waals surface area contributed by atoms with Crippen molar-refractivity contribution in [3.63, 3.8) is 0 Å². The van der Waals surface area contributed by atoms with E-state index in [0.29, 0.717) is 20.6 Å². The molecule has 100 valence electrons. The number of nitrogens with two attached hydrogens (primary N) is 1. The van der Waals surface area contributed by atoms with Crippen molar-refractivity contribution in [3.8, 4) is 10.6 Å². The summed E-state index contributed by atoms with van der Waals surface area (Å²) in [5.41, 5.74) is 3.43. The molecule has 5 nitrogen and oxygen atoms in total. The van der Waals surface area contributed by atoms with Gasteiger partial charge in [0.05, 0.1) is 17.3 Å². The van der Waals surface area contributed by atoms with Crippen LogP contribution in [-0.2, 0) is 11.3 Å². The molecule has 19 heavy (non-hydrogen) atoms. The number of methoxy groups -OCH3 is 1. The summed E-state index contributed by atoms with van der Waals surface area (Å²) < 4.78 is 5.03. The maximum Gasteiger partial charge on any atom is 0.277 e. The Morgan fingerprint density at radius 1 is 1.53 bits per heavy atom. The third kappa shape index (κ3) is 2.93. The number of nitrogen functional groups attached to an aromatic ring is 1. The van der Waals surface area contributed by atoms with E-state index in [1.54, 1.807) is 13.2 Å². The largest absolute Gasteiger partial charge is 0.378 e. The number of amides is 1. The molecule has 0 aliphatic carbocycles. The van der Waals surface area contributed by atoms with Crippen molar-refractivity contribution < 1.29 is 9.53 Å². The first kappa shape index (κ1) is 14.0. The van der Waals surface area contributed by atoms with Crippen LogP contribution < -0.4 is 11.3 Å². The molecule has 7 heteroatoms. The molecule has 2 aromatic rings. The molecule has 3 N–H and O–H groups in total. The zero-order chi connectivity index (χ0) is 13.8. The highest BCUT2D eigenvalue weighted by Crippen LogP contribution is 2.33. The van der Waals surface area contributed by atoms with Crippen LogP contribution in [0.15, 0.2) is 24.3 Å². The minimum atomic E-state index is -0.386. The summed E-state index contributed by atoms with van der Waals surface area (Å²) in [7, 11) is 1.54. The number of benzene rings is 1. The van der Waals surface area contributed by atoms with Gasteiger partial charge in [-0.25, -0.2) is 10.8 Å². The molecule has 0 radical (unpaired) electrons. The van der Waals surface area contributed by atoms with E-state index in [2.05, 4.69) is 10.4 Å². The first-order valence-corrected chi connectivity index (χ1v) is 6.61. The van der Waals surface area contributed by atoms with Crippen LogP contribution in [0.25, 0.3) is 10.6 Å². The number of halogens is 1. The highest BCUT2D eigenvalue weighted by Gasteiger charge is 2.19. The Bertz CT molecular complexity index is 600. The third-order valence-corrected chi connectivity index (χ3v) is 3.88. The van der Waals surface area contributed by atoms with Gasteiger partial charge in [0.1, 0.15) is 9.88 Å². The molecule has 1 amide bonds. The predicted molar refractivity (Wildman–Crippen MR) is 74.9 cm³/mol. The van der Waals surface area contributed by atoms with Crippen LogP contribution in [0.5, 0.6) is 0 Å². The molecule has 0 fully saturated rings. The topological polar surface area (TPSA) is 77.2 Å². The number of ether oxygens (including phenoxy) is 1. The molecule has 0 saturated heterocycles. The average molecular weight is 298 g/mol. The molecule has 0 spiro atoms. The molecule has 0 bridgehead atoms. The van der Waals surface area contributed by atoms with E-state index in [-0.39, 0.29) is 12.5 Å². The van der Waals surface area contributed by atoms with Gasteiger partial charge in [-0.2, -0.15) is 0 Å². The van der Waals surface area contributed by atoms with Gasteiger partial charge in [-0.3, -0.25) is 10.2 Å². The van der Waals surface area contributed by atoms with Gasteiger partial charge in [0.25, 0.3) is 5.91 Å². The van der Waals surface area contributed by atoms with Crippen molar-refractivity contribution in [3.05, 3.63) is 39.9 Å². The number of hydrazine groups is 1. The first-order chi connectivity index (χ1) is 9.17. The number of nitrogens with zero attached hydrogens (tertiary/aromatic N) is 1. The van der Waals surface area contributed by atoms with E-state index < -0.39 is 0 Å². The second kappa shape index (κ2) is 6.12. The number of nitrogens with one attached hydrogen (secondary N) is 1. The predicted octanol–water partition coefficient (Wildman–Crippen LogP) is 2.21. The molecule has 0 atom stereocenters. The maximum absolute atomic E-state index is 11.7. The number of hydrogen-bond acceptors (Lipinski definition) is 5. The summed E-state index contributed by atoms with van der Waals surface area (Å²) >= 11 is 7.35. The molecule has 1 aromatic carbocycles. The minimum Gasteiger partial charge on any atom is -0.378 e. The number of thiazole rings is 1. The van der Waals surface area contributed by atoms with Crippen LogP contribution >= 0.6 is 22.9 Å². The van der Waals surface area contributed by atoms with Crippen molar-refractivity contribution in [2.75, 3.05) is 7.11 Å². The fraction of sp³-hybridized carbons (Fsp3) is 0.167. The fourth-order valence-corrected chi connectivity index (χ4v) is 2.87. The molecular weight excluding hydrogens is 286 g/mol. The highest BCUT2D eigenvalue weighted by molar-refractivity contribution is 7.17. The van der Waals surface area contributed by atoms with Crippen molar-refractivity contribution in [1.29, 1.82) is 0 Å². The first-order valence-electron chi connectivity index (χ1n) is 5.42. The molecule has 2 rings (SSSR count). The zero-order valence-corrected chi connectivity index (χ0v) is 11.7. The van der Waals surface area contributed by atoms with Crippen LogP contribution in [0.2, 0.25) is 5.02 Å². The van der Waals surface area contributed by atoms with Gasteiger partial charge in [-0.1, -0.05) is 29.8 Å². The second-order valence-corrected chi connectivity index (χ2v) is 5.09. The molecule has 1 aromatic heterocycles. The van der Waals surface area contributed by atoms with Gasteiger partial charge >= 0.3 is 0 Å². The van der Waals surface area contributed by atoms with Gasteiger partial charge in [0, 0.05) is 12.7 Å². The molecule has 1 heterocycles. The lowest BCUT2D eigenvalue weighted by molar-refractivity contribution is 0.0952. The number of carbonyl (C=O) groups excluding carboxylic acids is 1. The van der Waals surface area contributed by atoms with Gasteiger partial charge in [0.2, 0.25) is 0 Å². The smallest absolute Gasteiger partial charge is 0.277 e. The van der Waals surface area contributed by atoms with Crippen molar-refractivity contribution in [2.45, 2.75) is 6.61 Å². The Kier molecular flexibility index (Phi) is 4.49. The normalized spacial score (nSPS) is 10.5. The Labute approximate surface area is 119 Å². The molecule has 0 saturated carbocycles. The van der Waals surface area contributed by atoms with Crippen molar-refractivity contribution in [1.82, 2.24) is 10.4 Å². The van der Waals surface area contributed by atoms with Crippen LogP contribution in [0.1, 0.15) is 15.4 Å². The van der Waals surface area contributed by atoms with Gasteiger partial charge in [-0.15, -0.1) is 11.3 Å². The van der Waals surface area contributed by atoms with Crippen LogP contribution in [-0.4, -0.2) is 18.0 Å². The van der Waals surface area contributed by atoms with E-state index in [0.717, 1.165) is 5.56 Å². The lowest BCUT2D eigenvalue weighted by Gasteiger charge is -1.98. The van der Waals surface area contributed by atoms with Crippen molar-refractivity contribution in [2.24, 2.45) is 5.84 Å². The summed E-state index contributed by atoms with van der Waals surface area (Å²) in [6.45, 7) is 0.240. The lowest BCUT2D eigenvalue weighted by Crippen LogP contribution is -2.30. The minimum absolute atomic E-state index is 0.240. The monoisotopic (exact) mass is 297 g/mol. The van der Waals surface area contributed by atoms with E-state index in [1.807, 2.05) is 18.2 Å². The third-order valence-electron chi connectivity index (χ3n) is 2.42. The van der Waals surface area contributed by atoms with Crippen LogP contribution in [0.3, 0.4) is 0 Å². The van der Waals surface area contributed by atoms with E-state index in [1.165, 1.54) is 11.3 Å². The van der Waals surface area contributed by atoms with Crippen LogP contribution in [0, 0.1) is 0 Å². The van der Waals surface area contributed by atoms with Gasteiger partial charge in [-0.05, 0) is 6.07 Å². The number of rotatable bonds is 4. The Balaban J connectivity index is 2.48. The zero-order valence-electron chi connectivity index (χ0n) is 10.1. The Hall–Kier alpha value is -1.47. The summed E-state index contributed by atoms with van der Waals surface area (Å²) in [5, 5.41) is 1.25. The second-order valence-electron chi connectivity index (χ2n) is 3.68. The summed E-state index contributed by atoms with van der Waals surface area (Å²) in [5.74, 6) is 4.77. The van der Waals surface area contributed by atoms with Gasteiger partial charge < -0.3 is 4.74 Å². The number of carbonyl (C=O) groups is 1. The van der Waals surface area contributed by atoms with Crippen LogP contribution in [0.4, 0.5) is 0 Å². The standard InChI is InChI=1S/C12H12ClN3O2S/c1-18-6-9-10(11(17)16-14)19-12(15-9)7-4-2-3-5-8(7)13/h2-5H,6,14H2,1H3,(H,16,17). The van der Waals surface area contributed by atoms with Gasteiger partial charge in [0.15, 0.2) is 0 Å². The molecule has 0 aliphatic rings. The highest BCUT2D eigenvalue weighted by atomic mass is 35.5. The molecular formula is C12H12ClN3O2S. The molecule has 0 aliphatic heterocycles. The van der Waals surface area contributed by atoms with Crippen molar-refractivity contribution >= 4 is 28.8 Å². The number of aromatic nitrogens is 1. The fourth-order valence-electron chi connectivity index (χ4n) is 1.58. The van der Waals surface area contributed by atoms with E-state index >= 15 is 0 Å². The maximum atomic E-state index is 11.7. The quantitative estimate of drug-likeness (QED) is 0.515. The SMILES string of the molecule is COCc1nc(-c2ccccc2Cl)sc1C(=O)NN. The summed E-state index contributed by atoms with van der Waals surface area (Å²) in [6, 6.07) is 7.32. The molecule has 0 unspecified atom stereocenters. The average Bonchev–Trinajstić information content (AvgIpc) is 2.83. The Morgan fingerprint density at radius 3 is 2.89 bits per heavy atom. The van der Waals surface area contributed by atoms with E-state index in [4.69, 9.17) is 22.2 Å². The summed E-state index contributed by atoms with van der Waals surface area (Å²) in [6.07, 6.45) is 0. The summed E-state index contributed by atoms with van der Waals surface area (Å²) in [4.78, 5) is 16.5. The lowest BCUT2D eigenvalue weighted by atomic mass is 10.2.